The van der Waals surface area contributed by atoms with E-state index in [4.69, 9.17) is 4.74 Å². The summed E-state index contributed by atoms with van der Waals surface area (Å²) in [6.07, 6.45) is 14.0. The highest BCUT2D eigenvalue weighted by Gasteiger charge is 2.22. The van der Waals surface area contributed by atoms with Crippen LogP contribution in [0, 0.1) is 0 Å². The number of ether oxygens (including phenoxy) is 1. The Morgan fingerprint density at radius 3 is 2.37 bits per heavy atom. The highest BCUT2D eigenvalue weighted by molar-refractivity contribution is 5.72. The largest absolute Gasteiger partial charge is 0.490 e. The van der Waals surface area contributed by atoms with Gasteiger partial charge in [-0.25, -0.2) is 0 Å². The number of pyridine rings is 1. The first-order valence-electron chi connectivity index (χ1n) is 14.2. The lowest BCUT2D eigenvalue weighted by Gasteiger charge is -2.36. The fraction of sp³-hybridized carbons (Fsp3) is 0.424. The maximum absolute atomic E-state index is 10.7. The fourth-order valence-electron chi connectivity index (χ4n) is 5.81. The second kappa shape index (κ2) is 13.7. The predicted molar refractivity (Wildman–Crippen MR) is 155 cm³/mol. The average Bonchev–Trinajstić information content (AvgIpc) is 2.98. The summed E-state index contributed by atoms with van der Waals surface area (Å²) >= 11 is 0. The van der Waals surface area contributed by atoms with Crippen molar-refractivity contribution >= 4 is 12.2 Å². The van der Waals surface area contributed by atoms with E-state index in [0.29, 0.717) is 6.54 Å². The number of aromatic nitrogens is 1. The standard InChI is InChI=1S/C33H41N3O2/c37-31(26-38-33-13-7-5-10-29(33)15-14-27-16-18-34-19-17-27)25-36-22-20-35(21-23-36)24-30-11-4-6-12-32(30)28-8-2-1-3-9-28/h4-7,10-19,28,31,37H,1-3,8-9,20-26H2/b15-14+. The summed E-state index contributed by atoms with van der Waals surface area (Å²) < 4.78 is 6.05. The van der Waals surface area contributed by atoms with Crippen molar-refractivity contribution in [2.45, 2.75) is 50.7 Å². The molecule has 1 saturated carbocycles. The Balaban J connectivity index is 1.08. The number of para-hydroxylation sites is 1. The van der Waals surface area contributed by atoms with Gasteiger partial charge in [0.05, 0.1) is 0 Å². The van der Waals surface area contributed by atoms with E-state index in [2.05, 4.69) is 39.0 Å². The normalized spacial score (nSPS) is 18.6. The van der Waals surface area contributed by atoms with Crippen LogP contribution < -0.4 is 4.74 Å². The van der Waals surface area contributed by atoms with Gasteiger partial charge in [0.25, 0.3) is 0 Å². The first-order chi connectivity index (χ1) is 18.7. The molecule has 0 radical (unpaired) electrons. The van der Waals surface area contributed by atoms with Crippen LogP contribution in [0.4, 0.5) is 0 Å². The lowest BCUT2D eigenvalue weighted by Crippen LogP contribution is -2.48. The Kier molecular flexibility index (Phi) is 9.59. The molecule has 2 heterocycles. The zero-order valence-corrected chi connectivity index (χ0v) is 22.4. The Bertz CT molecular complexity index is 1150. The Hall–Kier alpha value is -2.99. The van der Waals surface area contributed by atoms with Crippen LogP contribution >= 0.6 is 0 Å². The van der Waals surface area contributed by atoms with E-state index in [-0.39, 0.29) is 6.61 Å². The van der Waals surface area contributed by atoms with Gasteiger partial charge in [-0.1, -0.05) is 73.9 Å². The van der Waals surface area contributed by atoms with Gasteiger partial charge < -0.3 is 9.84 Å². The van der Waals surface area contributed by atoms with E-state index in [0.717, 1.165) is 55.5 Å². The Morgan fingerprint density at radius 2 is 1.55 bits per heavy atom. The minimum Gasteiger partial charge on any atom is -0.490 e. The van der Waals surface area contributed by atoms with Crippen molar-refractivity contribution in [2.75, 3.05) is 39.3 Å². The van der Waals surface area contributed by atoms with E-state index in [1.54, 1.807) is 18.0 Å². The molecule has 3 aromatic rings. The van der Waals surface area contributed by atoms with Gasteiger partial charge in [-0.2, -0.15) is 0 Å². The molecule has 2 aliphatic rings. The molecule has 38 heavy (non-hydrogen) atoms. The second-order valence-corrected chi connectivity index (χ2v) is 10.7. The third kappa shape index (κ3) is 7.53. The second-order valence-electron chi connectivity index (χ2n) is 10.7. The molecule has 1 unspecified atom stereocenters. The molecule has 1 saturated heterocycles. The van der Waals surface area contributed by atoms with Gasteiger partial charge in [-0.3, -0.25) is 14.8 Å². The van der Waals surface area contributed by atoms with Crippen LogP contribution in [-0.2, 0) is 6.54 Å². The zero-order valence-electron chi connectivity index (χ0n) is 22.4. The van der Waals surface area contributed by atoms with Crippen LogP contribution in [-0.4, -0.2) is 65.3 Å². The molecule has 0 bridgehead atoms. The molecule has 1 aliphatic heterocycles. The van der Waals surface area contributed by atoms with Crippen molar-refractivity contribution < 1.29 is 9.84 Å². The number of hydrogen-bond acceptors (Lipinski definition) is 5. The van der Waals surface area contributed by atoms with Crippen molar-refractivity contribution in [1.29, 1.82) is 0 Å². The van der Waals surface area contributed by atoms with Gasteiger partial charge in [0.1, 0.15) is 18.5 Å². The molecular formula is C33H41N3O2. The third-order valence-corrected chi connectivity index (χ3v) is 7.94. The molecule has 200 valence electrons. The highest BCUT2D eigenvalue weighted by atomic mass is 16.5. The van der Waals surface area contributed by atoms with Gasteiger partial charge in [0.2, 0.25) is 0 Å². The minimum absolute atomic E-state index is 0.287. The number of rotatable bonds is 10. The summed E-state index contributed by atoms with van der Waals surface area (Å²) in [6, 6.07) is 21.0. The molecule has 1 aliphatic carbocycles. The summed E-state index contributed by atoms with van der Waals surface area (Å²) in [5.41, 5.74) is 5.18. The first kappa shape index (κ1) is 26.6. The minimum atomic E-state index is -0.522. The lowest BCUT2D eigenvalue weighted by molar-refractivity contribution is 0.0445. The smallest absolute Gasteiger partial charge is 0.126 e. The van der Waals surface area contributed by atoms with Crippen molar-refractivity contribution in [3.63, 3.8) is 0 Å². The van der Waals surface area contributed by atoms with E-state index in [1.807, 2.05) is 48.6 Å². The van der Waals surface area contributed by atoms with Crippen LogP contribution in [0.1, 0.15) is 60.3 Å². The number of benzene rings is 2. The lowest BCUT2D eigenvalue weighted by atomic mass is 9.82. The van der Waals surface area contributed by atoms with E-state index >= 15 is 0 Å². The monoisotopic (exact) mass is 511 g/mol. The van der Waals surface area contributed by atoms with Crippen molar-refractivity contribution in [3.05, 3.63) is 95.3 Å². The predicted octanol–water partition coefficient (Wildman–Crippen LogP) is 5.86. The molecular weight excluding hydrogens is 470 g/mol. The molecule has 5 nitrogen and oxygen atoms in total. The SMILES string of the molecule is OC(COc1ccccc1/C=C/c1ccncc1)CN1CCN(Cc2ccccc2C2CCCCC2)CC1. The summed E-state index contributed by atoms with van der Waals surface area (Å²) in [4.78, 5) is 9.01. The topological polar surface area (TPSA) is 48.8 Å². The van der Waals surface area contributed by atoms with Crippen molar-refractivity contribution in [1.82, 2.24) is 14.8 Å². The molecule has 1 aromatic heterocycles. The van der Waals surface area contributed by atoms with Gasteiger partial charge in [0.15, 0.2) is 0 Å². The van der Waals surface area contributed by atoms with Gasteiger partial charge >= 0.3 is 0 Å². The van der Waals surface area contributed by atoms with Crippen molar-refractivity contribution in [2.24, 2.45) is 0 Å². The summed E-state index contributed by atoms with van der Waals surface area (Å²) in [7, 11) is 0. The molecule has 1 N–H and O–H groups in total. The Labute approximate surface area is 227 Å². The third-order valence-electron chi connectivity index (χ3n) is 7.94. The van der Waals surface area contributed by atoms with Crippen LogP contribution in [0.2, 0.25) is 0 Å². The fourth-order valence-corrected chi connectivity index (χ4v) is 5.81. The van der Waals surface area contributed by atoms with Crippen LogP contribution in [0.15, 0.2) is 73.1 Å². The van der Waals surface area contributed by atoms with E-state index < -0.39 is 6.10 Å². The summed E-state index contributed by atoms with van der Waals surface area (Å²) in [6.45, 7) is 6.00. The summed E-state index contributed by atoms with van der Waals surface area (Å²) in [5.74, 6) is 1.53. The van der Waals surface area contributed by atoms with E-state index in [9.17, 15) is 5.11 Å². The Morgan fingerprint density at radius 1 is 0.842 bits per heavy atom. The number of aliphatic hydroxyl groups excluding tert-OH is 1. The van der Waals surface area contributed by atoms with Gasteiger partial charge in [-0.05, 0) is 53.6 Å². The number of hydrogen-bond donors (Lipinski definition) is 1. The van der Waals surface area contributed by atoms with Gasteiger partial charge in [0, 0.05) is 57.2 Å². The molecule has 2 aromatic carbocycles. The number of β-amino-alcohol motifs (C(OH)–C–C–N with tert-alkyl or cyclic N) is 1. The van der Waals surface area contributed by atoms with E-state index in [1.165, 1.54) is 37.7 Å². The highest BCUT2D eigenvalue weighted by Crippen LogP contribution is 2.34. The van der Waals surface area contributed by atoms with Crippen LogP contribution in [0.5, 0.6) is 5.75 Å². The number of nitrogens with zero attached hydrogens (tertiary/aromatic N) is 3. The van der Waals surface area contributed by atoms with Crippen LogP contribution in [0.3, 0.4) is 0 Å². The molecule has 5 rings (SSSR count). The molecule has 0 amide bonds. The molecule has 0 spiro atoms. The zero-order chi connectivity index (χ0) is 26.0. The first-order valence-corrected chi connectivity index (χ1v) is 14.2. The van der Waals surface area contributed by atoms with Gasteiger partial charge in [-0.15, -0.1) is 0 Å². The molecule has 2 fully saturated rings. The number of piperazine rings is 1. The van der Waals surface area contributed by atoms with Crippen LogP contribution in [0.25, 0.3) is 12.2 Å². The van der Waals surface area contributed by atoms with Crippen molar-refractivity contribution in [3.8, 4) is 5.75 Å². The maximum atomic E-state index is 10.7. The molecule has 5 heteroatoms. The average molecular weight is 512 g/mol. The summed E-state index contributed by atoms with van der Waals surface area (Å²) in [5, 5.41) is 10.7. The number of aliphatic hydroxyl groups is 1. The molecule has 1 atom stereocenters. The quantitative estimate of drug-likeness (QED) is 0.370. The maximum Gasteiger partial charge on any atom is 0.126 e.